The van der Waals surface area contributed by atoms with Gasteiger partial charge in [-0.25, -0.2) is 4.98 Å². The van der Waals surface area contributed by atoms with E-state index in [1.165, 1.54) is 25.7 Å². The molecule has 1 N–H and O–H groups in total. The number of fused-ring (bicyclic) bond motifs is 1. The van der Waals surface area contributed by atoms with Crippen molar-refractivity contribution in [1.29, 1.82) is 0 Å². The Balaban J connectivity index is 2.13. The van der Waals surface area contributed by atoms with Gasteiger partial charge >= 0.3 is 0 Å². The van der Waals surface area contributed by atoms with E-state index in [0.717, 1.165) is 22.3 Å². The van der Waals surface area contributed by atoms with E-state index in [9.17, 15) is 0 Å². The lowest BCUT2D eigenvalue weighted by atomic mass is 10.1. The van der Waals surface area contributed by atoms with Crippen LogP contribution in [0.25, 0.3) is 10.8 Å². The number of rotatable bonds is 7. The molecule has 20 heavy (non-hydrogen) atoms. The van der Waals surface area contributed by atoms with Gasteiger partial charge in [0, 0.05) is 17.6 Å². The molecule has 0 saturated heterocycles. The van der Waals surface area contributed by atoms with Crippen LogP contribution in [0.1, 0.15) is 39.5 Å². The minimum atomic E-state index is 0.446. The maximum atomic E-state index is 5.27. The molecule has 0 spiro atoms. The van der Waals surface area contributed by atoms with Crippen molar-refractivity contribution in [2.45, 2.75) is 45.6 Å². The van der Waals surface area contributed by atoms with E-state index < -0.39 is 0 Å². The van der Waals surface area contributed by atoms with Gasteiger partial charge in [-0.3, -0.25) is 0 Å². The minimum absolute atomic E-state index is 0.446. The van der Waals surface area contributed by atoms with Crippen molar-refractivity contribution in [2.24, 2.45) is 0 Å². The zero-order chi connectivity index (χ0) is 14.4. The van der Waals surface area contributed by atoms with Crippen LogP contribution in [0.15, 0.2) is 30.5 Å². The lowest BCUT2D eigenvalue weighted by molar-refractivity contribution is 0.415. The predicted octanol–water partition coefficient (Wildman–Crippen LogP) is 4.62. The summed E-state index contributed by atoms with van der Waals surface area (Å²) in [6.07, 6.45) is 6.86. The highest BCUT2D eigenvalue weighted by molar-refractivity contribution is 5.92. The van der Waals surface area contributed by atoms with Gasteiger partial charge in [0.15, 0.2) is 0 Å². The molecule has 3 heteroatoms. The number of anilines is 1. The number of ether oxygens (including phenoxy) is 1. The molecule has 0 fully saturated rings. The van der Waals surface area contributed by atoms with Crippen LogP contribution < -0.4 is 10.1 Å². The number of hydrogen-bond acceptors (Lipinski definition) is 3. The number of aromatic nitrogens is 1. The molecule has 3 nitrogen and oxygen atoms in total. The van der Waals surface area contributed by atoms with Crippen LogP contribution in [-0.2, 0) is 0 Å². The van der Waals surface area contributed by atoms with Gasteiger partial charge in [0.05, 0.1) is 7.11 Å². The number of hydrogen-bond donors (Lipinski definition) is 1. The Kier molecular flexibility index (Phi) is 5.22. The van der Waals surface area contributed by atoms with Crippen LogP contribution in [0.4, 0.5) is 5.82 Å². The van der Waals surface area contributed by atoms with Crippen molar-refractivity contribution in [1.82, 2.24) is 4.98 Å². The maximum absolute atomic E-state index is 5.27. The number of methoxy groups -OCH3 is 1. The normalized spacial score (nSPS) is 12.3. The second kappa shape index (κ2) is 7.13. The van der Waals surface area contributed by atoms with Crippen LogP contribution in [-0.4, -0.2) is 18.1 Å². The zero-order valence-electron chi connectivity index (χ0n) is 12.6. The molecule has 0 aliphatic carbocycles. The van der Waals surface area contributed by atoms with Crippen LogP contribution in [0.2, 0.25) is 0 Å². The first kappa shape index (κ1) is 14.6. The summed E-state index contributed by atoms with van der Waals surface area (Å²) in [4.78, 5) is 4.48. The van der Waals surface area contributed by atoms with Crippen LogP contribution in [0.5, 0.6) is 5.75 Å². The molecular formula is C17H24N2O. The Morgan fingerprint density at radius 2 is 2.10 bits per heavy atom. The third-order valence-electron chi connectivity index (χ3n) is 3.60. The lowest BCUT2D eigenvalue weighted by Crippen LogP contribution is -2.16. The largest absolute Gasteiger partial charge is 0.497 e. The number of benzene rings is 1. The Labute approximate surface area is 121 Å². The monoisotopic (exact) mass is 272 g/mol. The molecule has 0 aliphatic heterocycles. The Morgan fingerprint density at radius 3 is 2.85 bits per heavy atom. The number of unbranched alkanes of at least 4 members (excludes halogenated alkanes) is 2. The number of pyridine rings is 1. The molecule has 1 aromatic carbocycles. The number of nitrogens with zero attached hydrogens (tertiary/aromatic N) is 1. The van der Waals surface area contributed by atoms with Gasteiger partial charge in [-0.1, -0.05) is 26.2 Å². The summed E-state index contributed by atoms with van der Waals surface area (Å²) in [6.45, 7) is 4.46. The van der Waals surface area contributed by atoms with Gasteiger partial charge in [0.2, 0.25) is 0 Å². The van der Waals surface area contributed by atoms with Crippen molar-refractivity contribution in [3.63, 3.8) is 0 Å². The molecule has 0 bridgehead atoms. The molecule has 1 aromatic heterocycles. The quantitative estimate of drug-likeness (QED) is 0.746. The molecule has 0 aliphatic rings. The fourth-order valence-electron chi connectivity index (χ4n) is 2.40. The lowest BCUT2D eigenvalue weighted by Gasteiger charge is -2.16. The van der Waals surface area contributed by atoms with E-state index in [0.29, 0.717) is 6.04 Å². The predicted molar refractivity (Wildman–Crippen MR) is 85.5 cm³/mol. The van der Waals surface area contributed by atoms with Crippen LogP contribution >= 0.6 is 0 Å². The molecule has 2 rings (SSSR count). The van der Waals surface area contributed by atoms with Crippen molar-refractivity contribution in [2.75, 3.05) is 12.4 Å². The SMILES string of the molecule is CCCCCC(C)Nc1nccc2cc(OC)ccc12. The molecule has 0 saturated carbocycles. The van der Waals surface area contributed by atoms with E-state index in [2.05, 4.69) is 30.2 Å². The second-order valence-electron chi connectivity index (χ2n) is 5.29. The molecule has 0 radical (unpaired) electrons. The smallest absolute Gasteiger partial charge is 0.134 e. The van der Waals surface area contributed by atoms with Gasteiger partial charge in [-0.15, -0.1) is 0 Å². The van der Waals surface area contributed by atoms with Crippen molar-refractivity contribution in [3.05, 3.63) is 30.5 Å². The van der Waals surface area contributed by atoms with Crippen molar-refractivity contribution >= 4 is 16.6 Å². The molecule has 2 aromatic rings. The van der Waals surface area contributed by atoms with Gasteiger partial charge in [0.1, 0.15) is 11.6 Å². The number of nitrogens with one attached hydrogen (secondary N) is 1. The van der Waals surface area contributed by atoms with Crippen molar-refractivity contribution in [3.8, 4) is 5.75 Å². The summed E-state index contributed by atoms with van der Waals surface area (Å²) >= 11 is 0. The Bertz CT molecular complexity index is 554. The first-order valence-electron chi connectivity index (χ1n) is 7.44. The summed E-state index contributed by atoms with van der Waals surface area (Å²) in [7, 11) is 1.69. The van der Waals surface area contributed by atoms with Crippen molar-refractivity contribution < 1.29 is 4.74 Å². The standard InChI is InChI=1S/C17H24N2O/c1-4-5-6-7-13(2)19-17-16-9-8-15(20-3)12-14(16)10-11-18-17/h8-13H,4-7H2,1-3H3,(H,18,19). The third-order valence-corrected chi connectivity index (χ3v) is 3.60. The molecule has 108 valence electrons. The first-order valence-corrected chi connectivity index (χ1v) is 7.44. The Morgan fingerprint density at radius 1 is 1.25 bits per heavy atom. The van der Waals surface area contributed by atoms with Gasteiger partial charge in [-0.05, 0) is 43.0 Å². The molecule has 1 unspecified atom stereocenters. The average Bonchev–Trinajstić information content (AvgIpc) is 2.47. The molecule has 1 heterocycles. The summed E-state index contributed by atoms with van der Waals surface area (Å²) < 4.78 is 5.27. The Hall–Kier alpha value is -1.77. The van der Waals surface area contributed by atoms with Gasteiger partial charge in [0.25, 0.3) is 0 Å². The highest BCUT2D eigenvalue weighted by Gasteiger charge is 2.07. The van der Waals surface area contributed by atoms with Gasteiger partial charge in [-0.2, -0.15) is 0 Å². The first-order chi connectivity index (χ1) is 9.74. The average molecular weight is 272 g/mol. The minimum Gasteiger partial charge on any atom is -0.497 e. The van der Waals surface area contributed by atoms with Gasteiger partial charge < -0.3 is 10.1 Å². The highest BCUT2D eigenvalue weighted by atomic mass is 16.5. The molecule has 1 atom stereocenters. The summed E-state index contributed by atoms with van der Waals surface area (Å²) in [5, 5.41) is 5.83. The fraction of sp³-hybridized carbons (Fsp3) is 0.471. The summed E-state index contributed by atoms with van der Waals surface area (Å²) in [5.41, 5.74) is 0. The van der Waals surface area contributed by atoms with E-state index >= 15 is 0 Å². The van der Waals surface area contributed by atoms with E-state index in [-0.39, 0.29) is 0 Å². The molecular weight excluding hydrogens is 248 g/mol. The fourth-order valence-corrected chi connectivity index (χ4v) is 2.40. The van der Waals surface area contributed by atoms with E-state index in [1.807, 2.05) is 24.4 Å². The van der Waals surface area contributed by atoms with E-state index in [4.69, 9.17) is 4.74 Å². The highest BCUT2D eigenvalue weighted by Crippen LogP contribution is 2.26. The summed E-state index contributed by atoms with van der Waals surface area (Å²) in [6, 6.07) is 8.57. The summed E-state index contributed by atoms with van der Waals surface area (Å²) in [5.74, 6) is 1.85. The maximum Gasteiger partial charge on any atom is 0.134 e. The third kappa shape index (κ3) is 3.62. The van der Waals surface area contributed by atoms with Crippen LogP contribution in [0.3, 0.4) is 0 Å². The van der Waals surface area contributed by atoms with Crippen LogP contribution in [0, 0.1) is 0 Å². The second-order valence-corrected chi connectivity index (χ2v) is 5.29. The molecule has 0 amide bonds. The zero-order valence-corrected chi connectivity index (χ0v) is 12.6. The van der Waals surface area contributed by atoms with E-state index in [1.54, 1.807) is 7.11 Å². The topological polar surface area (TPSA) is 34.2 Å².